The van der Waals surface area contributed by atoms with E-state index in [-0.39, 0.29) is 11.4 Å². The summed E-state index contributed by atoms with van der Waals surface area (Å²) in [5, 5.41) is 0.481. The molecule has 0 saturated carbocycles. The maximum atomic E-state index is 12.5. The van der Waals surface area contributed by atoms with Gasteiger partial charge < -0.3 is 0 Å². The molecule has 0 unspecified atom stereocenters. The highest BCUT2D eigenvalue weighted by molar-refractivity contribution is 6.31. The Bertz CT molecular complexity index is 790. The maximum absolute atomic E-state index is 12.5. The lowest BCUT2D eigenvalue weighted by Gasteiger charge is -1.96. The molecule has 0 spiro atoms. The van der Waals surface area contributed by atoms with Crippen LogP contribution in [0.5, 0.6) is 0 Å². The largest absolute Gasteiger partial charge is 0.207 e. The van der Waals surface area contributed by atoms with E-state index < -0.39 is 17.5 Å². The van der Waals surface area contributed by atoms with Crippen molar-refractivity contribution in [3.05, 3.63) is 106 Å². The quantitative estimate of drug-likeness (QED) is 0.326. The first-order valence-electron chi connectivity index (χ1n) is 8.75. The zero-order valence-electron chi connectivity index (χ0n) is 16.7. The SMILES string of the molecule is CC.Cc1c(F)cc(F)cc1F.Cc1c(F)cccc1Cl.Cc1ccccc1. The van der Waals surface area contributed by atoms with E-state index in [9.17, 15) is 17.6 Å². The summed E-state index contributed by atoms with van der Waals surface area (Å²) in [6.07, 6.45) is 0. The highest BCUT2D eigenvalue weighted by Gasteiger charge is 2.05. The monoisotopic (exact) mass is 412 g/mol. The van der Waals surface area contributed by atoms with Gasteiger partial charge in [0.15, 0.2) is 0 Å². The van der Waals surface area contributed by atoms with Crippen LogP contribution in [-0.2, 0) is 0 Å². The number of aryl methyl sites for hydroxylation is 1. The highest BCUT2D eigenvalue weighted by Crippen LogP contribution is 2.16. The van der Waals surface area contributed by atoms with Gasteiger partial charge in [-0.15, -0.1) is 0 Å². The van der Waals surface area contributed by atoms with E-state index >= 15 is 0 Å². The molecule has 0 aromatic heterocycles. The first kappa shape index (κ1) is 25.7. The molecule has 0 amide bonds. The molecule has 0 aliphatic carbocycles. The highest BCUT2D eigenvalue weighted by atomic mass is 35.5. The van der Waals surface area contributed by atoms with Gasteiger partial charge in [0.25, 0.3) is 0 Å². The summed E-state index contributed by atoms with van der Waals surface area (Å²) in [4.78, 5) is 0. The molecule has 0 aliphatic heterocycles. The van der Waals surface area contributed by atoms with Gasteiger partial charge in [-0.3, -0.25) is 0 Å². The molecule has 0 bridgehead atoms. The topological polar surface area (TPSA) is 0 Å². The third-order valence-electron chi connectivity index (χ3n) is 3.39. The van der Waals surface area contributed by atoms with Crippen molar-refractivity contribution >= 4 is 11.6 Å². The fraction of sp³-hybridized carbons (Fsp3) is 0.217. The molecule has 0 atom stereocenters. The summed E-state index contributed by atoms with van der Waals surface area (Å²) in [5.41, 5.74) is 1.68. The van der Waals surface area contributed by atoms with Crippen LogP contribution in [0.2, 0.25) is 5.02 Å². The number of hydrogen-bond acceptors (Lipinski definition) is 0. The van der Waals surface area contributed by atoms with E-state index in [4.69, 9.17) is 11.6 Å². The second-order valence-electron chi connectivity index (χ2n) is 5.50. The molecular weight excluding hydrogens is 388 g/mol. The van der Waals surface area contributed by atoms with Gasteiger partial charge in [-0.1, -0.05) is 67.4 Å². The lowest BCUT2D eigenvalue weighted by Crippen LogP contribution is -1.89. The minimum absolute atomic E-state index is 0.151. The number of rotatable bonds is 0. The zero-order valence-corrected chi connectivity index (χ0v) is 17.4. The first-order chi connectivity index (χ1) is 13.2. The Kier molecular flexibility index (Phi) is 12.6. The summed E-state index contributed by atoms with van der Waals surface area (Å²) < 4.78 is 49.3. The number of halogens is 5. The van der Waals surface area contributed by atoms with Crippen LogP contribution >= 0.6 is 11.6 Å². The summed E-state index contributed by atoms with van der Waals surface area (Å²) in [7, 11) is 0. The summed E-state index contributed by atoms with van der Waals surface area (Å²) in [6, 6.07) is 16.2. The Morgan fingerprint density at radius 2 is 1.11 bits per heavy atom. The molecule has 0 fully saturated rings. The zero-order chi connectivity index (χ0) is 21.7. The van der Waals surface area contributed by atoms with E-state index in [1.165, 1.54) is 18.6 Å². The van der Waals surface area contributed by atoms with E-state index in [2.05, 4.69) is 19.1 Å². The third-order valence-corrected chi connectivity index (χ3v) is 3.80. The first-order valence-corrected chi connectivity index (χ1v) is 9.13. The van der Waals surface area contributed by atoms with Crippen molar-refractivity contribution in [3.63, 3.8) is 0 Å². The lowest BCUT2D eigenvalue weighted by molar-refractivity contribution is 0.532. The molecule has 28 heavy (non-hydrogen) atoms. The Labute approximate surface area is 169 Å². The minimum Gasteiger partial charge on any atom is -0.207 e. The van der Waals surface area contributed by atoms with Gasteiger partial charge in [-0.2, -0.15) is 0 Å². The molecule has 0 N–H and O–H groups in total. The standard InChI is InChI=1S/C7H6ClF.C7H5F3.C7H8.C2H6/c1-5-6(8)3-2-4-7(5)9;1-4-6(9)2-5(8)3-7(4)10;1-7-5-3-2-4-6-7;1-2/h2-4H,1H3;2-3H,1H3;2-6H,1H3;1-2H3. The van der Waals surface area contributed by atoms with Gasteiger partial charge in [-0.05, 0) is 32.9 Å². The Morgan fingerprint density at radius 3 is 1.46 bits per heavy atom. The summed E-state index contributed by atoms with van der Waals surface area (Å²) in [6.45, 7) is 8.99. The van der Waals surface area contributed by atoms with E-state index in [1.54, 1.807) is 19.1 Å². The predicted molar refractivity (Wildman–Crippen MR) is 110 cm³/mol. The molecule has 3 aromatic rings. The molecule has 0 saturated heterocycles. The van der Waals surface area contributed by atoms with E-state index in [1.807, 2.05) is 32.0 Å². The van der Waals surface area contributed by atoms with Gasteiger partial charge >= 0.3 is 0 Å². The molecule has 0 radical (unpaired) electrons. The van der Waals surface area contributed by atoms with Crippen molar-refractivity contribution in [2.45, 2.75) is 34.6 Å². The van der Waals surface area contributed by atoms with Crippen molar-refractivity contribution in [2.24, 2.45) is 0 Å². The Balaban J connectivity index is 0.000000378. The van der Waals surface area contributed by atoms with Gasteiger partial charge in [0, 0.05) is 28.3 Å². The van der Waals surface area contributed by atoms with Gasteiger partial charge in [0.2, 0.25) is 0 Å². The van der Waals surface area contributed by atoms with Crippen molar-refractivity contribution in [3.8, 4) is 0 Å². The van der Waals surface area contributed by atoms with Crippen LogP contribution in [0.1, 0.15) is 30.5 Å². The van der Waals surface area contributed by atoms with Gasteiger partial charge in [0.05, 0.1) is 0 Å². The van der Waals surface area contributed by atoms with Crippen molar-refractivity contribution < 1.29 is 17.6 Å². The number of benzene rings is 3. The fourth-order valence-electron chi connectivity index (χ4n) is 1.73. The second-order valence-corrected chi connectivity index (χ2v) is 5.90. The van der Waals surface area contributed by atoms with Crippen molar-refractivity contribution in [1.82, 2.24) is 0 Å². The molecule has 3 rings (SSSR count). The van der Waals surface area contributed by atoms with Crippen LogP contribution in [0, 0.1) is 44.0 Å². The maximum Gasteiger partial charge on any atom is 0.131 e. The van der Waals surface area contributed by atoms with Crippen LogP contribution in [-0.4, -0.2) is 0 Å². The lowest BCUT2D eigenvalue weighted by atomic mass is 10.2. The van der Waals surface area contributed by atoms with Crippen LogP contribution in [0.4, 0.5) is 17.6 Å². The van der Waals surface area contributed by atoms with Crippen LogP contribution in [0.3, 0.4) is 0 Å². The molecule has 152 valence electrons. The van der Waals surface area contributed by atoms with Crippen LogP contribution in [0.25, 0.3) is 0 Å². The molecule has 0 aliphatic rings. The fourth-order valence-corrected chi connectivity index (χ4v) is 1.89. The smallest absolute Gasteiger partial charge is 0.131 e. The molecule has 3 aromatic carbocycles. The summed E-state index contributed by atoms with van der Waals surface area (Å²) in [5.74, 6) is -2.84. The Morgan fingerprint density at radius 1 is 0.607 bits per heavy atom. The Hall–Kier alpha value is -2.33. The summed E-state index contributed by atoms with van der Waals surface area (Å²) >= 11 is 5.57. The van der Waals surface area contributed by atoms with Crippen LogP contribution < -0.4 is 0 Å². The van der Waals surface area contributed by atoms with Crippen molar-refractivity contribution in [2.75, 3.05) is 0 Å². The van der Waals surface area contributed by atoms with Gasteiger partial charge in [-0.25, -0.2) is 17.6 Å². The van der Waals surface area contributed by atoms with Crippen molar-refractivity contribution in [1.29, 1.82) is 0 Å². The van der Waals surface area contributed by atoms with E-state index in [0.29, 0.717) is 22.7 Å². The van der Waals surface area contributed by atoms with Crippen LogP contribution in [0.15, 0.2) is 60.7 Å². The minimum atomic E-state index is -0.888. The third kappa shape index (κ3) is 9.56. The number of hydrogen-bond donors (Lipinski definition) is 0. The average molecular weight is 413 g/mol. The van der Waals surface area contributed by atoms with E-state index in [0.717, 1.165) is 0 Å². The van der Waals surface area contributed by atoms with Gasteiger partial charge in [0.1, 0.15) is 23.3 Å². The molecule has 0 heterocycles. The molecule has 5 heteroatoms. The normalized spacial score (nSPS) is 9.07. The molecular formula is C23H25ClF4. The second kappa shape index (κ2) is 13.8. The predicted octanol–water partition coefficient (Wildman–Crippen LogP) is 8.22. The molecule has 0 nitrogen and oxygen atoms in total. The average Bonchev–Trinajstić information content (AvgIpc) is 2.67.